The Bertz CT molecular complexity index is 786. The van der Waals surface area contributed by atoms with E-state index in [4.69, 9.17) is 4.84 Å². The molecule has 0 saturated carbocycles. The van der Waals surface area contributed by atoms with Crippen molar-refractivity contribution in [2.75, 3.05) is 39.3 Å². The lowest BCUT2D eigenvalue weighted by Gasteiger charge is -2.21. The van der Waals surface area contributed by atoms with E-state index in [2.05, 4.69) is 43.0 Å². The summed E-state index contributed by atoms with van der Waals surface area (Å²) >= 11 is 0. The van der Waals surface area contributed by atoms with E-state index in [0.717, 1.165) is 58.4 Å². The number of carbonyl (C=O) groups excluding carboxylic acids is 1. The maximum Gasteiger partial charge on any atom is 0.325 e. The van der Waals surface area contributed by atoms with Crippen molar-refractivity contribution >= 4 is 5.97 Å². The quantitative estimate of drug-likeness (QED) is 0.0266. The van der Waals surface area contributed by atoms with Gasteiger partial charge in [0.15, 0.2) is 0 Å². The predicted molar refractivity (Wildman–Crippen MR) is 246 cm³/mol. The maximum absolute atomic E-state index is 12.8. The van der Waals surface area contributed by atoms with E-state index < -0.39 is 0 Å². The van der Waals surface area contributed by atoms with E-state index in [1.54, 1.807) is 0 Å². The van der Waals surface area contributed by atoms with Crippen molar-refractivity contribution in [3.63, 3.8) is 0 Å². The van der Waals surface area contributed by atoms with Crippen LogP contribution < -0.4 is 0 Å². The standard InChI is InChI=1S/C50H99N3O3/c1-4-7-10-13-16-19-20-21-22-23-24-25-26-29-34-39-45-52(49-44-51-55)46-40-35-30-27-28-33-38-43-50(54)56-53(47-41-36-31-17-14-11-8-5-2)48-42-37-32-18-15-12-9-6-3/h21-22H,4-20,23-49H2,1-3H3/b22-21-. The summed E-state index contributed by atoms with van der Waals surface area (Å²) < 4.78 is 0. The van der Waals surface area contributed by atoms with Crippen LogP contribution in [0.5, 0.6) is 0 Å². The van der Waals surface area contributed by atoms with Crippen molar-refractivity contribution < 1.29 is 9.63 Å². The van der Waals surface area contributed by atoms with Crippen LogP contribution in [0.15, 0.2) is 17.3 Å². The van der Waals surface area contributed by atoms with Gasteiger partial charge in [-0.05, 0) is 70.9 Å². The first-order valence-electron chi connectivity index (χ1n) is 25.3. The first-order chi connectivity index (χ1) is 27.7. The van der Waals surface area contributed by atoms with Crippen molar-refractivity contribution in [2.45, 2.75) is 265 Å². The van der Waals surface area contributed by atoms with Gasteiger partial charge in [0.1, 0.15) is 0 Å². The average molecular weight is 790 g/mol. The van der Waals surface area contributed by atoms with Crippen LogP contribution in [0.3, 0.4) is 0 Å². The molecule has 0 radical (unpaired) electrons. The highest BCUT2D eigenvalue weighted by atomic mass is 16.7. The van der Waals surface area contributed by atoms with Crippen molar-refractivity contribution in [1.82, 2.24) is 9.96 Å². The van der Waals surface area contributed by atoms with Gasteiger partial charge >= 0.3 is 5.97 Å². The lowest BCUT2D eigenvalue weighted by Crippen LogP contribution is -2.29. The summed E-state index contributed by atoms with van der Waals surface area (Å²) in [5.41, 5.74) is 0. The Morgan fingerprint density at radius 1 is 0.411 bits per heavy atom. The van der Waals surface area contributed by atoms with Gasteiger partial charge in [-0.15, -0.1) is 5.06 Å². The smallest absolute Gasteiger partial charge is 0.325 e. The summed E-state index contributed by atoms with van der Waals surface area (Å²) in [6, 6.07) is 0. The van der Waals surface area contributed by atoms with Crippen LogP contribution in [0, 0.1) is 4.91 Å². The third-order valence-corrected chi connectivity index (χ3v) is 11.6. The summed E-state index contributed by atoms with van der Waals surface area (Å²) in [5.74, 6) is -0.0317. The Kier molecular flexibility index (Phi) is 47.0. The molecule has 0 aromatic carbocycles. The summed E-state index contributed by atoms with van der Waals surface area (Å²) in [7, 11) is 0. The van der Waals surface area contributed by atoms with Gasteiger partial charge in [-0.3, -0.25) is 4.79 Å². The number of allylic oxidation sites excluding steroid dienone is 2. The second kappa shape index (κ2) is 48.1. The van der Waals surface area contributed by atoms with E-state index >= 15 is 0 Å². The molecule has 56 heavy (non-hydrogen) atoms. The largest absolute Gasteiger partial charge is 0.368 e. The van der Waals surface area contributed by atoms with Gasteiger partial charge in [0, 0.05) is 26.1 Å². The molecular weight excluding hydrogens is 691 g/mol. The van der Waals surface area contributed by atoms with Crippen LogP contribution in [0.25, 0.3) is 0 Å². The van der Waals surface area contributed by atoms with Crippen molar-refractivity contribution in [2.24, 2.45) is 5.18 Å². The van der Waals surface area contributed by atoms with E-state index in [-0.39, 0.29) is 5.97 Å². The zero-order valence-electron chi connectivity index (χ0n) is 38.3. The molecule has 0 atom stereocenters. The molecule has 0 aliphatic carbocycles. The Balaban J connectivity index is 4.02. The molecule has 0 amide bonds. The fourth-order valence-corrected chi connectivity index (χ4v) is 7.83. The Hall–Kier alpha value is -1.27. The molecule has 0 aromatic heterocycles. The van der Waals surface area contributed by atoms with Gasteiger partial charge < -0.3 is 9.74 Å². The molecule has 6 heteroatoms. The number of rotatable bonds is 48. The van der Waals surface area contributed by atoms with E-state index in [1.807, 2.05) is 5.06 Å². The molecule has 0 fully saturated rings. The summed E-state index contributed by atoms with van der Waals surface area (Å²) in [6.45, 7) is 12.0. The molecular formula is C50H99N3O3. The lowest BCUT2D eigenvalue weighted by atomic mass is 10.1. The Morgan fingerprint density at radius 2 is 0.732 bits per heavy atom. The minimum absolute atomic E-state index is 0.0317. The normalized spacial score (nSPS) is 11.8. The number of hydrogen-bond acceptors (Lipinski definition) is 6. The molecule has 0 saturated heterocycles. The summed E-state index contributed by atoms with van der Waals surface area (Å²) in [6.07, 6.45) is 53.1. The van der Waals surface area contributed by atoms with Gasteiger partial charge in [0.2, 0.25) is 0 Å². The number of hydrogen-bond donors (Lipinski definition) is 0. The molecule has 0 aliphatic rings. The average Bonchev–Trinajstić information content (AvgIpc) is 3.20. The zero-order valence-corrected chi connectivity index (χ0v) is 38.3. The van der Waals surface area contributed by atoms with Gasteiger partial charge in [0.25, 0.3) is 0 Å². The van der Waals surface area contributed by atoms with Crippen LogP contribution in [0.4, 0.5) is 0 Å². The molecule has 0 rings (SSSR count). The van der Waals surface area contributed by atoms with Crippen LogP contribution >= 0.6 is 0 Å². The number of nitrogens with zero attached hydrogens (tertiary/aromatic N) is 3. The molecule has 0 bridgehead atoms. The van der Waals surface area contributed by atoms with Crippen LogP contribution in [-0.4, -0.2) is 55.2 Å². The SMILES string of the molecule is CCCCCCCC/C=C\CCCCCCCCN(CCCCCCCCCC(=O)ON(CCCCCCCCCC)CCCCCCCCCC)CCN=O. The van der Waals surface area contributed by atoms with E-state index in [1.165, 1.54) is 212 Å². The topological polar surface area (TPSA) is 62.2 Å². The number of nitroso groups, excluding NO2 is 1. The molecule has 0 aliphatic heterocycles. The molecule has 0 aromatic rings. The molecule has 0 N–H and O–H groups in total. The second-order valence-corrected chi connectivity index (χ2v) is 17.2. The highest BCUT2D eigenvalue weighted by Crippen LogP contribution is 2.15. The Morgan fingerprint density at radius 3 is 1.11 bits per heavy atom. The van der Waals surface area contributed by atoms with Gasteiger partial charge in [-0.2, -0.15) is 4.91 Å². The third kappa shape index (κ3) is 43.8. The minimum Gasteiger partial charge on any atom is -0.368 e. The van der Waals surface area contributed by atoms with Crippen LogP contribution in [-0.2, 0) is 9.63 Å². The molecule has 0 unspecified atom stereocenters. The third-order valence-electron chi connectivity index (χ3n) is 11.6. The predicted octanol–water partition coefficient (Wildman–Crippen LogP) is 16.3. The van der Waals surface area contributed by atoms with Gasteiger partial charge in [-0.25, -0.2) is 0 Å². The Labute approximate surface area is 350 Å². The second-order valence-electron chi connectivity index (χ2n) is 17.2. The molecule has 6 nitrogen and oxygen atoms in total. The fraction of sp³-hybridized carbons (Fsp3) is 0.940. The fourth-order valence-electron chi connectivity index (χ4n) is 7.83. The van der Waals surface area contributed by atoms with E-state index in [0.29, 0.717) is 13.0 Å². The minimum atomic E-state index is -0.0317. The maximum atomic E-state index is 12.8. The highest BCUT2D eigenvalue weighted by Gasteiger charge is 2.12. The lowest BCUT2D eigenvalue weighted by molar-refractivity contribution is -0.191. The first-order valence-corrected chi connectivity index (χ1v) is 25.3. The highest BCUT2D eigenvalue weighted by molar-refractivity contribution is 5.68. The molecule has 332 valence electrons. The van der Waals surface area contributed by atoms with Crippen molar-refractivity contribution in [3.05, 3.63) is 17.1 Å². The monoisotopic (exact) mass is 790 g/mol. The van der Waals surface area contributed by atoms with Crippen LogP contribution in [0.2, 0.25) is 0 Å². The number of hydroxylamine groups is 2. The number of carbonyl (C=O) groups is 1. The van der Waals surface area contributed by atoms with Gasteiger partial charge in [0.05, 0.1) is 6.54 Å². The number of unbranched alkanes of at least 4 members (excludes halogenated alkanes) is 32. The summed E-state index contributed by atoms with van der Waals surface area (Å²) in [5, 5.41) is 5.15. The van der Waals surface area contributed by atoms with Crippen LogP contribution in [0.1, 0.15) is 265 Å². The van der Waals surface area contributed by atoms with Crippen molar-refractivity contribution in [1.29, 1.82) is 0 Å². The summed E-state index contributed by atoms with van der Waals surface area (Å²) in [4.78, 5) is 32.0. The first kappa shape index (κ1) is 54.7. The van der Waals surface area contributed by atoms with E-state index in [9.17, 15) is 9.70 Å². The van der Waals surface area contributed by atoms with Gasteiger partial charge in [-0.1, -0.05) is 218 Å². The molecule has 0 spiro atoms. The molecule has 0 heterocycles. The van der Waals surface area contributed by atoms with Crippen molar-refractivity contribution in [3.8, 4) is 0 Å². The zero-order chi connectivity index (χ0) is 40.7.